The zero-order chi connectivity index (χ0) is 20.1. The number of amides is 2. The van der Waals surface area contributed by atoms with Gasteiger partial charge in [0, 0.05) is 41.3 Å². The molecule has 144 valence electrons. The number of carbonyl (C=O) groups is 2. The van der Waals surface area contributed by atoms with Gasteiger partial charge in [-0.05, 0) is 29.8 Å². The van der Waals surface area contributed by atoms with Crippen LogP contribution in [-0.2, 0) is 11.3 Å². The SMILES string of the molecule is CC(C)(C)C(=O)Nc1cccc(C(=O)Nc2ccn(Cc3cccnc3)n2)c1. The van der Waals surface area contributed by atoms with Gasteiger partial charge >= 0.3 is 0 Å². The molecule has 0 bridgehead atoms. The van der Waals surface area contributed by atoms with Crippen LogP contribution in [0.3, 0.4) is 0 Å². The highest BCUT2D eigenvalue weighted by Crippen LogP contribution is 2.18. The number of aromatic nitrogens is 3. The molecule has 2 aromatic heterocycles. The number of nitrogens with zero attached hydrogens (tertiary/aromatic N) is 3. The normalized spacial score (nSPS) is 11.1. The zero-order valence-corrected chi connectivity index (χ0v) is 16.1. The Morgan fingerprint density at radius 2 is 1.89 bits per heavy atom. The van der Waals surface area contributed by atoms with Gasteiger partial charge in [-0.2, -0.15) is 5.10 Å². The molecule has 0 aliphatic rings. The van der Waals surface area contributed by atoms with E-state index >= 15 is 0 Å². The highest BCUT2D eigenvalue weighted by atomic mass is 16.2. The van der Waals surface area contributed by atoms with Crippen molar-refractivity contribution in [2.24, 2.45) is 5.41 Å². The Kier molecular flexibility index (Phi) is 5.54. The van der Waals surface area contributed by atoms with Crippen LogP contribution in [0.2, 0.25) is 0 Å². The third-order valence-electron chi connectivity index (χ3n) is 4.01. The van der Waals surface area contributed by atoms with Crippen LogP contribution in [0, 0.1) is 5.41 Å². The Balaban J connectivity index is 1.65. The molecule has 0 fully saturated rings. The lowest BCUT2D eigenvalue weighted by Gasteiger charge is -2.17. The van der Waals surface area contributed by atoms with Gasteiger partial charge in [-0.3, -0.25) is 19.3 Å². The number of hydrogen-bond acceptors (Lipinski definition) is 4. The van der Waals surface area contributed by atoms with Gasteiger partial charge in [0.15, 0.2) is 5.82 Å². The first-order valence-corrected chi connectivity index (χ1v) is 8.96. The second-order valence-corrected chi connectivity index (χ2v) is 7.50. The van der Waals surface area contributed by atoms with E-state index in [4.69, 9.17) is 0 Å². The number of nitrogens with one attached hydrogen (secondary N) is 2. The molecule has 0 aliphatic carbocycles. The van der Waals surface area contributed by atoms with Gasteiger partial charge in [-0.1, -0.05) is 32.9 Å². The number of pyridine rings is 1. The van der Waals surface area contributed by atoms with Crippen LogP contribution in [0.5, 0.6) is 0 Å². The van der Waals surface area contributed by atoms with E-state index in [1.165, 1.54) is 0 Å². The molecule has 0 unspecified atom stereocenters. The molecule has 3 rings (SSSR count). The third kappa shape index (κ3) is 5.03. The number of rotatable bonds is 5. The van der Waals surface area contributed by atoms with E-state index in [0.717, 1.165) is 5.56 Å². The summed E-state index contributed by atoms with van der Waals surface area (Å²) in [6.45, 7) is 6.07. The molecule has 2 amide bonds. The van der Waals surface area contributed by atoms with Gasteiger partial charge in [0.2, 0.25) is 5.91 Å². The predicted octanol–water partition coefficient (Wildman–Crippen LogP) is 3.56. The van der Waals surface area contributed by atoms with Crippen molar-refractivity contribution in [3.05, 3.63) is 72.2 Å². The quantitative estimate of drug-likeness (QED) is 0.711. The lowest BCUT2D eigenvalue weighted by atomic mass is 9.95. The average Bonchev–Trinajstić information content (AvgIpc) is 3.08. The molecule has 0 saturated carbocycles. The first-order chi connectivity index (χ1) is 13.3. The number of carbonyl (C=O) groups excluding carboxylic acids is 2. The average molecular weight is 377 g/mol. The van der Waals surface area contributed by atoms with E-state index in [1.807, 2.05) is 32.9 Å². The van der Waals surface area contributed by atoms with Gasteiger partial charge in [-0.15, -0.1) is 0 Å². The molecule has 0 saturated heterocycles. The van der Waals surface area contributed by atoms with Gasteiger partial charge in [0.1, 0.15) is 0 Å². The molecule has 0 spiro atoms. The molecule has 7 heteroatoms. The van der Waals surface area contributed by atoms with E-state index in [0.29, 0.717) is 23.6 Å². The highest BCUT2D eigenvalue weighted by Gasteiger charge is 2.21. The van der Waals surface area contributed by atoms with Crippen molar-refractivity contribution in [1.82, 2.24) is 14.8 Å². The predicted molar refractivity (Wildman–Crippen MR) is 108 cm³/mol. The fraction of sp³-hybridized carbons (Fsp3) is 0.238. The minimum atomic E-state index is -0.515. The Morgan fingerprint density at radius 1 is 1.07 bits per heavy atom. The summed E-state index contributed by atoms with van der Waals surface area (Å²) in [6.07, 6.45) is 5.29. The smallest absolute Gasteiger partial charge is 0.256 e. The fourth-order valence-electron chi connectivity index (χ4n) is 2.44. The minimum Gasteiger partial charge on any atom is -0.326 e. The van der Waals surface area contributed by atoms with Crippen molar-refractivity contribution in [1.29, 1.82) is 0 Å². The highest BCUT2D eigenvalue weighted by molar-refractivity contribution is 6.05. The van der Waals surface area contributed by atoms with E-state index in [2.05, 4.69) is 20.7 Å². The molecule has 1 aromatic carbocycles. The molecular formula is C21H23N5O2. The lowest BCUT2D eigenvalue weighted by molar-refractivity contribution is -0.123. The molecule has 2 heterocycles. The van der Waals surface area contributed by atoms with Crippen molar-refractivity contribution < 1.29 is 9.59 Å². The van der Waals surface area contributed by atoms with E-state index in [-0.39, 0.29) is 11.8 Å². The summed E-state index contributed by atoms with van der Waals surface area (Å²) in [5, 5.41) is 9.97. The summed E-state index contributed by atoms with van der Waals surface area (Å²) in [7, 11) is 0. The van der Waals surface area contributed by atoms with Crippen LogP contribution in [-0.4, -0.2) is 26.6 Å². The van der Waals surface area contributed by atoms with Crippen molar-refractivity contribution in [2.75, 3.05) is 10.6 Å². The van der Waals surface area contributed by atoms with Crippen molar-refractivity contribution in [2.45, 2.75) is 27.3 Å². The van der Waals surface area contributed by atoms with Gasteiger partial charge < -0.3 is 10.6 Å². The topological polar surface area (TPSA) is 88.9 Å². The minimum absolute atomic E-state index is 0.112. The van der Waals surface area contributed by atoms with Crippen LogP contribution >= 0.6 is 0 Å². The van der Waals surface area contributed by atoms with Crippen molar-refractivity contribution in [3.8, 4) is 0 Å². The maximum absolute atomic E-state index is 12.5. The monoisotopic (exact) mass is 377 g/mol. The van der Waals surface area contributed by atoms with Gasteiger partial charge in [0.25, 0.3) is 5.91 Å². The molecular weight excluding hydrogens is 354 g/mol. The third-order valence-corrected chi connectivity index (χ3v) is 4.01. The van der Waals surface area contributed by atoms with Gasteiger partial charge in [0.05, 0.1) is 6.54 Å². The summed E-state index contributed by atoms with van der Waals surface area (Å²) < 4.78 is 1.73. The summed E-state index contributed by atoms with van der Waals surface area (Å²) in [4.78, 5) is 28.7. The molecule has 7 nitrogen and oxygen atoms in total. The largest absolute Gasteiger partial charge is 0.326 e. The summed E-state index contributed by atoms with van der Waals surface area (Å²) >= 11 is 0. The Labute approximate surface area is 163 Å². The summed E-state index contributed by atoms with van der Waals surface area (Å²) in [6, 6.07) is 12.4. The molecule has 28 heavy (non-hydrogen) atoms. The molecule has 2 N–H and O–H groups in total. The maximum Gasteiger partial charge on any atom is 0.256 e. The Morgan fingerprint density at radius 3 is 2.61 bits per heavy atom. The number of benzene rings is 1. The van der Waals surface area contributed by atoms with E-state index < -0.39 is 5.41 Å². The molecule has 0 radical (unpaired) electrons. The maximum atomic E-state index is 12.5. The number of hydrogen-bond donors (Lipinski definition) is 2. The Hall–Kier alpha value is -3.48. The standard InChI is InChI=1S/C21H23N5O2/c1-21(2,3)20(28)23-17-8-4-7-16(12-17)19(27)24-18-9-11-26(25-18)14-15-6-5-10-22-13-15/h4-13H,14H2,1-3H3,(H,23,28)(H,24,25,27). The van der Waals surface area contributed by atoms with Crippen LogP contribution < -0.4 is 10.6 Å². The second kappa shape index (κ2) is 8.04. The number of anilines is 2. The van der Waals surface area contributed by atoms with Gasteiger partial charge in [-0.25, -0.2) is 0 Å². The lowest BCUT2D eigenvalue weighted by Crippen LogP contribution is -2.27. The van der Waals surface area contributed by atoms with Crippen molar-refractivity contribution in [3.63, 3.8) is 0 Å². The molecule has 3 aromatic rings. The Bertz CT molecular complexity index is 974. The fourth-order valence-corrected chi connectivity index (χ4v) is 2.44. The van der Waals surface area contributed by atoms with E-state index in [9.17, 15) is 9.59 Å². The summed E-state index contributed by atoms with van der Waals surface area (Å²) in [5.74, 6) is 0.0516. The first-order valence-electron chi connectivity index (χ1n) is 8.96. The zero-order valence-electron chi connectivity index (χ0n) is 16.1. The van der Waals surface area contributed by atoms with Crippen LogP contribution in [0.15, 0.2) is 61.1 Å². The van der Waals surface area contributed by atoms with E-state index in [1.54, 1.807) is 53.6 Å². The summed E-state index contributed by atoms with van der Waals surface area (Å²) in [5.41, 5.74) is 1.52. The molecule has 0 aliphatic heterocycles. The van der Waals surface area contributed by atoms with Crippen LogP contribution in [0.1, 0.15) is 36.7 Å². The first kappa shape index (κ1) is 19.3. The van der Waals surface area contributed by atoms with Crippen LogP contribution in [0.4, 0.5) is 11.5 Å². The van der Waals surface area contributed by atoms with Crippen LogP contribution in [0.25, 0.3) is 0 Å². The molecule has 0 atom stereocenters. The second-order valence-electron chi connectivity index (χ2n) is 7.50. The van der Waals surface area contributed by atoms with Crippen molar-refractivity contribution >= 4 is 23.3 Å².